The van der Waals surface area contributed by atoms with E-state index in [1.807, 2.05) is 0 Å². The van der Waals surface area contributed by atoms with Gasteiger partial charge in [-0.15, -0.1) is 0 Å². The molecule has 0 saturated heterocycles. The van der Waals surface area contributed by atoms with Gasteiger partial charge in [-0.25, -0.2) is 22.9 Å². The molecule has 0 aromatic carbocycles. The fraction of sp³-hybridized carbons (Fsp3) is 0.545. The molecule has 108 valence electrons. The van der Waals surface area contributed by atoms with Crippen LogP contribution >= 0.6 is 0 Å². The standard InChI is InChI=1S/C11H14N4O4S/c1-7(5-12)20(18,19)15-11(3-2-4-11)10-13-6-8(14-10)9(16)17/h6-7,15H,2-4H2,1H3,(H,13,14)(H,16,17). The lowest BCUT2D eigenvalue weighted by Gasteiger charge is -2.40. The van der Waals surface area contributed by atoms with Crippen molar-refractivity contribution in [2.24, 2.45) is 0 Å². The van der Waals surface area contributed by atoms with Crippen LogP contribution in [0.15, 0.2) is 6.20 Å². The minimum Gasteiger partial charge on any atom is -0.477 e. The third kappa shape index (κ3) is 2.39. The molecular weight excluding hydrogens is 284 g/mol. The van der Waals surface area contributed by atoms with Crippen molar-refractivity contribution in [2.45, 2.75) is 37.0 Å². The van der Waals surface area contributed by atoms with E-state index in [1.165, 1.54) is 6.92 Å². The highest BCUT2D eigenvalue weighted by Crippen LogP contribution is 2.40. The Morgan fingerprint density at radius 3 is 2.70 bits per heavy atom. The van der Waals surface area contributed by atoms with E-state index < -0.39 is 26.8 Å². The Balaban J connectivity index is 2.31. The van der Waals surface area contributed by atoms with Crippen molar-refractivity contribution in [3.05, 3.63) is 17.7 Å². The van der Waals surface area contributed by atoms with Crippen LogP contribution in [0.25, 0.3) is 0 Å². The number of aromatic amines is 1. The maximum Gasteiger partial charge on any atom is 0.353 e. The van der Waals surface area contributed by atoms with Gasteiger partial charge in [0.2, 0.25) is 10.0 Å². The summed E-state index contributed by atoms with van der Waals surface area (Å²) in [6.07, 6.45) is 2.97. The number of sulfonamides is 1. The first-order chi connectivity index (χ1) is 9.31. The Kier molecular flexibility index (Phi) is 3.54. The molecular formula is C11H14N4O4S. The molecule has 2 rings (SSSR count). The molecule has 0 radical (unpaired) electrons. The maximum atomic E-state index is 12.0. The molecule has 1 saturated carbocycles. The first-order valence-corrected chi connectivity index (χ1v) is 7.56. The summed E-state index contributed by atoms with van der Waals surface area (Å²) in [5, 5.41) is 16.4. The fourth-order valence-corrected chi connectivity index (χ4v) is 3.18. The number of aromatic carboxylic acids is 1. The van der Waals surface area contributed by atoms with Crippen molar-refractivity contribution < 1.29 is 18.3 Å². The van der Waals surface area contributed by atoms with E-state index in [4.69, 9.17) is 10.4 Å². The number of imidazole rings is 1. The topological polar surface area (TPSA) is 136 Å². The summed E-state index contributed by atoms with van der Waals surface area (Å²) in [5.74, 6) is -0.888. The Morgan fingerprint density at radius 1 is 1.65 bits per heavy atom. The first kappa shape index (κ1) is 14.5. The predicted octanol–water partition coefficient (Wildman–Crippen LogP) is 0.319. The molecule has 0 bridgehead atoms. The van der Waals surface area contributed by atoms with Gasteiger partial charge in [-0.1, -0.05) is 0 Å². The summed E-state index contributed by atoms with van der Waals surface area (Å²) in [4.78, 5) is 17.4. The molecule has 1 aromatic rings. The smallest absolute Gasteiger partial charge is 0.353 e. The van der Waals surface area contributed by atoms with Crippen molar-refractivity contribution in [3.63, 3.8) is 0 Å². The maximum absolute atomic E-state index is 12.0. The molecule has 1 fully saturated rings. The highest BCUT2D eigenvalue weighted by molar-refractivity contribution is 7.90. The van der Waals surface area contributed by atoms with Crippen molar-refractivity contribution >= 4 is 16.0 Å². The number of carboxylic acids is 1. The van der Waals surface area contributed by atoms with Gasteiger partial charge in [0.05, 0.1) is 17.8 Å². The molecule has 1 unspecified atom stereocenters. The monoisotopic (exact) mass is 298 g/mol. The zero-order valence-electron chi connectivity index (χ0n) is 10.8. The second kappa shape index (κ2) is 4.88. The van der Waals surface area contributed by atoms with Crippen LogP contribution in [0.2, 0.25) is 0 Å². The van der Waals surface area contributed by atoms with Crippen LogP contribution in [0.1, 0.15) is 42.5 Å². The minimum absolute atomic E-state index is 0.0983. The molecule has 1 aromatic heterocycles. The summed E-state index contributed by atoms with van der Waals surface area (Å²) in [6, 6.07) is 1.68. The predicted molar refractivity (Wildman–Crippen MR) is 68.2 cm³/mol. The van der Waals surface area contributed by atoms with Gasteiger partial charge >= 0.3 is 5.97 Å². The van der Waals surface area contributed by atoms with Crippen molar-refractivity contribution in [3.8, 4) is 6.07 Å². The number of nitriles is 1. The van der Waals surface area contributed by atoms with Crippen LogP contribution in [0.3, 0.4) is 0 Å². The summed E-state index contributed by atoms with van der Waals surface area (Å²) in [7, 11) is -3.81. The SMILES string of the molecule is CC(C#N)S(=O)(=O)NC1(c2ncc(C(=O)O)[nH]2)CCC1. The molecule has 0 aliphatic heterocycles. The Morgan fingerprint density at radius 2 is 2.30 bits per heavy atom. The highest BCUT2D eigenvalue weighted by Gasteiger charge is 2.45. The molecule has 20 heavy (non-hydrogen) atoms. The van der Waals surface area contributed by atoms with Crippen LogP contribution < -0.4 is 4.72 Å². The number of hydrogen-bond acceptors (Lipinski definition) is 5. The summed E-state index contributed by atoms with van der Waals surface area (Å²) in [5.41, 5.74) is -1.03. The molecule has 1 aliphatic carbocycles. The molecule has 1 atom stereocenters. The number of nitrogens with zero attached hydrogens (tertiary/aromatic N) is 2. The number of hydrogen-bond donors (Lipinski definition) is 3. The average Bonchev–Trinajstić information content (AvgIpc) is 2.82. The number of H-pyrrole nitrogens is 1. The van der Waals surface area contributed by atoms with E-state index >= 15 is 0 Å². The van der Waals surface area contributed by atoms with Crippen molar-refractivity contribution in [1.29, 1.82) is 5.26 Å². The van der Waals surface area contributed by atoms with Gasteiger partial charge in [0.25, 0.3) is 0 Å². The summed E-state index contributed by atoms with van der Waals surface area (Å²) >= 11 is 0. The average molecular weight is 298 g/mol. The minimum atomic E-state index is -3.81. The van der Waals surface area contributed by atoms with Crippen molar-refractivity contribution in [1.82, 2.24) is 14.7 Å². The number of nitrogens with one attached hydrogen (secondary N) is 2. The lowest BCUT2D eigenvalue weighted by atomic mass is 9.77. The third-order valence-electron chi connectivity index (χ3n) is 3.45. The van der Waals surface area contributed by atoms with Crippen LogP contribution in [0.4, 0.5) is 0 Å². The second-order valence-corrected chi connectivity index (χ2v) is 6.81. The van der Waals surface area contributed by atoms with E-state index in [0.717, 1.165) is 12.6 Å². The largest absolute Gasteiger partial charge is 0.477 e. The normalized spacial score (nSPS) is 18.8. The summed E-state index contributed by atoms with van der Waals surface area (Å²) in [6.45, 7) is 1.29. The summed E-state index contributed by atoms with van der Waals surface area (Å²) < 4.78 is 26.5. The molecule has 1 heterocycles. The first-order valence-electron chi connectivity index (χ1n) is 6.02. The Labute approximate surface area is 115 Å². The molecule has 8 nitrogen and oxygen atoms in total. The number of carboxylic acid groups (broad SMARTS) is 1. The number of rotatable bonds is 5. The van der Waals surface area contributed by atoms with Crippen LogP contribution in [0, 0.1) is 11.3 Å². The molecule has 9 heteroatoms. The molecule has 3 N–H and O–H groups in total. The second-order valence-electron chi connectivity index (χ2n) is 4.80. The quantitative estimate of drug-likeness (QED) is 0.716. The van der Waals surface area contributed by atoms with Crippen molar-refractivity contribution in [2.75, 3.05) is 0 Å². The third-order valence-corrected chi connectivity index (χ3v) is 5.16. The highest BCUT2D eigenvalue weighted by atomic mass is 32.2. The van der Waals surface area contributed by atoms with Gasteiger partial charge in [-0.3, -0.25) is 0 Å². The van der Waals surface area contributed by atoms with Gasteiger partial charge < -0.3 is 10.1 Å². The van der Waals surface area contributed by atoms with Crippen LogP contribution in [-0.2, 0) is 15.6 Å². The number of aromatic nitrogens is 2. The van der Waals surface area contributed by atoms with E-state index in [-0.39, 0.29) is 11.5 Å². The van der Waals surface area contributed by atoms with E-state index in [9.17, 15) is 13.2 Å². The Hall–Kier alpha value is -1.92. The van der Waals surface area contributed by atoms with Gasteiger partial charge in [0, 0.05) is 0 Å². The Bertz CT molecular complexity index is 669. The van der Waals surface area contributed by atoms with Crippen LogP contribution in [0.5, 0.6) is 0 Å². The van der Waals surface area contributed by atoms with Gasteiger partial charge in [-0.2, -0.15) is 5.26 Å². The van der Waals surface area contributed by atoms with E-state index in [0.29, 0.717) is 12.8 Å². The number of carbonyl (C=O) groups is 1. The fourth-order valence-electron chi connectivity index (χ4n) is 2.02. The lowest BCUT2D eigenvalue weighted by molar-refractivity contribution is 0.0690. The van der Waals surface area contributed by atoms with Gasteiger partial charge in [0.1, 0.15) is 11.5 Å². The molecule has 1 aliphatic rings. The lowest BCUT2D eigenvalue weighted by Crippen LogP contribution is -2.53. The van der Waals surface area contributed by atoms with Crippen LogP contribution in [-0.4, -0.2) is 34.7 Å². The zero-order valence-corrected chi connectivity index (χ0v) is 11.6. The van der Waals surface area contributed by atoms with Gasteiger partial charge in [-0.05, 0) is 26.2 Å². The zero-order chi connectivity index (χ0) is 15.0. The van der Waals surface area contributed by atoms with E-state index in [2.05, 4.69) is 14.7 Å². The van der Waals surface area contributed by atoms with E-state index in [1.54, 1.807) is 6.07 Å². The van der Waals surface area contributed by atoms with Gasteiger partial charge in [0.15, 0.2) is 5.25 Å². The molecule has 0 spiro atoms. The molecule has 0 amide bonds.